The number of aryl methyl sites for hydroxylation is 2. The summed E-state index contributed by atoms with van der Waals surface area (Å²) in [4.78, 5) is 34.9. The summed E-state index contributed by atoms with van der Waals surface area (Å²) in [5.74, 6) is 0.574. The van der Waals surface area contributed by atoms with Crippen molar-refractivity contribution in [1.29, 1.82) is 0 Å². The average molecular weight is 545 g/mol. The van der Waals surface area contributed by atoms with E-state index in [1.165, 1.54) is 12.5 Å². The summed E-state index contributed by atoms with van der Waals surface area (Å²) in [7, 11) is 0. The van der Waals surface area contributed by atoms with Crippen LogP contribution in [0.1, 0.15) is 43.9 Å². The lowest BCUT2D eigenvalue weighted by Crippen LogP contribution is -2.39. The Hall–Kier alpha value is -3.98. The molecule has 9 nitrogen and oxygen atoms in total. The van der Waals surface area contributed by atoms with Gasteiger partial charge in [0.05, 0.1) is 0 Å². The normalized spacial score (nSPS) is 13.2. The molecule has 40 heavy (non-hydrogen) atoms. The molecular formula is C31H40N6O3. The van der Waals surface area contributed by atoms with Gasteiger partial charge in [-0.15, -0.1) is 0 Å². The monoisotopic (exact) mass is 544 g/mol. The smallest absolute Gasteiger partial charge is 0.326 e. The number of amides is 1. The highest BCUT2D eigenvalue weighted by atomic mass is 16.4. The SMILES string of the molecule is CC(=O)NCCN(CCCCc1ccc2c(n1)NCCC2)CC[C@H](Nc1cc(-c2ccccc2)ccn1)C(=O)O. The van der Waals surface area contributed by atoms with Crippen molar-refractivity contribution in [2.45, 2.75) is 51.5 Å². The van der Waals surface area contributed by atoms with Crippen molar-refractivity contribution in [3.05, 3.63) is 72.1 Å². The molecule has 1 aliphatic heterocycles. The molecule has 4 rings (SSSR count). The van der Waals surface area contributed by atoms with Crippen molar-refractivity contribution < 1.29 is 14.7 Å². The number of nitrogens with one attached hydrogen (secondary N) is 3. The van der Waals surface area contributed by atoms with Gasteiger partial charge >= 0.3 is 5.97 Å². The summed E-state index contributed by atoms with van der Waals surface area (Å²) in [6, 6.07) is 17.3. The number of unbranched alkanes of at least 4 members (excludes halogenated alkanes) is 1. The van der Waals surface area contributed by atoms with Crippen LogP contribution in [-0.2, 0) is 22.4 Å². The van der Waals surface area contributed by atoms with Crippen molar-refractivity contribution >= 4 is 23.5 Å². The molecule has 0 aliphatic carbocycles. The van der Waals surface area contributed by atoms with Crippen LogP contribution in [0.25, 0.3) is 11.1 Å². The number of carbonyl (C=O) groups is 2. The number of carboxylic acid groups (broad SMARTS) is 1. The highest BCUT2D eigenvalue weighted by Crippen LogP contribution is 2.22. The summed E-state index contributed by atoms with van der Waals surface area (Å²) in [6.45, 7) is 5.08. The Kier molecular flexibility index (Phi) is 10.9. The summed E-state index contributed by atoms with van der Waals surface area (Å²) in [5.41, 5.74) is 4.41. The van der Waals surface area contributed by atoms with Crippen LogP contribution in [0.5, 0.6) is 0 Å². The van der Waals surface area contributed by atoms with Gasteiger partial charge in [-0.05, 0) is 80.0 Å². The number of carboxylic acids is 1. The fraction of sp³-hybridized carbons (Fsp3) is 0.419. The Morgan fingerprint density at radius 3 is 2.70 bits per heavy atom. The number of hydrogen-bond acceptors (Lipinski definition) is 7. The fourth-order valence-corrected chi connectivity index (χ4v) is 4.94. The number of carbonyl (C=O) groups excluding carboxylic acids is 1. The molecular weight excluding hydrogens is 504 g/mol. The van der Waals surface area contributed by atoms with E-state index in [0.29, 0.717) is 31.9 Å². The Morgan fingerprint density at radius 1 is 1.05 bits per heavy atom. The second kappa shape index (κ2) is 15.0. The van der Waals surface area contributed by atoms with Gasteiger partial charge in [-0.3, -0.25) is 4.79 Å². The van der Waals surface area contributed by atoms with Crippen LogP contribution in [0.3, 0.4) is 0 Å². The first kappa shape index (κ1) is 29.0. The molecule has 1 aromatic carbocycles. The van der Waals surface area contributed by atoms with E-state index in [4.69, 9.17) is 4.98 Å². The van der Waals surface area contributed by atoms with Crippen molar-refractivity contribution in [2.75, 3.05) is 43.4 Å². The first-order chi connectivity index (χ1) is 19.5. The largest absolute Gasteiger partial charge is 0.480 e. The molecule has 0 fully saturated rings. The molecule has 0 radical (unpaired) electrons. The minimum Gasteiger partial charge on any atom is -0.480 e. The number of fused-ring (bicyclic) bond motifs is 1. The number of aliphatic carboxylic acids is 1. The predicted octanol–water partition coefficient (Wildman–Crippen LogP) is 4.22. The maximum absolute atomic E-state index is 12.1. The van der Waals surface area contributed by atoms with Gasteiger partial charge < -0.3 is 26.0 Å². The van der Waals surface area contributed by atoms with E-state index in [1.54, 1.807) is 6.20 Å². The maximum Gasteiger partial charge on any atom is 0.326 e. The van der Waals surface area contributed by atoms with E-state index < -0.39 is 12.0 Å². The number of nitrogens with zero attached hydrogens (tertiary/aromatic N) is 3. The van der Waals surface area contributed by atoms with Crippen LogP contribution in [0.4, 0.5) is 11.6 Å². The van der Waals surface area contributed by atoms with Crippen LogP contribution in [0.2, 0.25) is 0 Å². The van der Waals surface area contributed by atoms with Crippen molar-refractivity contribution in [3.63, 3.8) is 0 Å². The van der Waals surface area contributed by atoms with Gasteiger partial charge in [-0.25, -0.2) is 14.8 Å². The van der Waals surface area contributed by atoms with E-state index in [-0.39, 0.29) is 5.91 Å². The van der Waals surface area contributed by atoms with E-state index in [9.17, 15) is 14.7 Å². The van der Waals surface area contributed by atoms with Crippen LogP contribution in [0, 0.1) is 0 Å². The van der Waals surface area contributed by atoms with Gasteiger partial charge in [-0.2, -0.15) is 0 Å². The Morgan fingerprint density at radius 2 is 1.90 bits per heavy atom. The second-order valence-electron chi connectivity index (χ2n) is 10.2. The van der Waals surface area contributed by atoms with Crippen LogP contribution in [-0.4, -0.2) is 70.6 Å². The molecule has 0 saturated carbocycles. The zero-order chi connectivity index (χ0) is 28.2. The van der Waals surface area contributed by atoms with Crippen LogP contribution >= 0.6 is 0 Å². The highest BCUT2D eigenvalue weighted by Gasteiger charge is 2.20. The van der Waals surface area contributed by atoms with Gasteiger partial charge in [-0.1, -0.05) is 36.4 Å². The summed E-state index contributed by atoms with van der Waals surface area (Å²) >= 11 is 0. The minimum atomic E-state index is -0.916. The predicted molar refractivity (Wildman–Crippen MR) is 158 cm³/mol. The first-order valence-corrected chi connectivity index (χ1v) is 14.2. The third-order valence-electron chi connectivity index (χ3n) is 7.13. The zero-order valence-electron chi connectivity index (χ0n) is 23.2. The molecule has 3 aromatic rings. The highest BCUT2D eigenvalue weighted by molar-refractivity contribution is 5.77. The van der Waals surface area contributed by atoms with Crippen molar-refractivity contribution in [3.8, 4) is 11.1 Å². The number of hydrogen-bond donors (Lipinski definition) is 4. The van der Waals surface area contributed by atoms with Crippen LogP contribution in [0.15, 0.2) is 60.8 Å². The van der Waals surface area contributed by atoms with Crippen molar-refractivity contribution in [1.82, 2.24) is 20.2 Å². The molecule has 0 spiro atoms. The third-order valence-corrected chi connectivity index (χ3v) is 7.13. The molecule has 9 heteroatoms. The topological polar surface area (TPSA) is 119 Å². The molecule has 2 aromatic heterocycles. The molecule has 0 unspecified atom stereocenters. The number of pyridine rings is 2. The third kappa shape index (κ3) is 9.05. The number of benzene rings is 1. The average Bonchev–Trinajstić information content (AvgIpc) is 2.97. The summed E-state index contributed by atoms with van der Waals surface area (Å²) in [6.07, 6.45) is 7.17. The van der Waals surface area contributed by atoms with Crippen LogP contribution < -0.4 is 16.0 Å². The molecule has 0 saturated heterocycles. The number of rotatable bonds is 15. The van der Waals surface area contributed by atoms with E-state index in [0.717, 1.165) is 67.8 Å². The zero-order valence-corrected chi connectivity index (χ0v) is 23.2. The Balaban J connectivity index is 1.30. The molecule has 4 N–H and O–H groups in total. The van der Waals surface area contributed by atoms with E-state index in [1.807, 2.05) is 42.5 Å². The molecule has 3 heterocycles. The fourth-order valence-electron chi connectivity index (χ4n) is 4.94. The van der Waals surface area contributed by atoms with Gasteiger partial charge in [0, 0.05) is 45.0 Å². The Labute approximate surface area is 236 Å². The molecule has 212 valence electrons. The summed E-state index contributed by atoms with van der Waals surface area (Å²) in [5, 5.41) is 19.3. The summed E-state index contributed by atoms with van der Waals surface area (Å²) < 4.78 is 0. The lowest BCUT2D eigenvalue weighted by molar-refractivity contribution is -0.138. The Bertz CT molecular complexity index is 1250. The van der Waals surface area contributed by atoms with Gasteiger partial charge in [0.1, 0.15) is 17.7 Å². The molecule has 1 aliphatic rings. The van der Waals surface area contributed by atoms with E-state index >= 15 is 0 Å². The molecule has 0 bridgehead atoms. The minimum absolute atomic E-state index is 0.0681. The van der Waals surface area contributed by atoms with Crippen molar-refractivity contribution in [2.24, 2.45) is 0 Å². The lowest BCUT2D eigenvalue weighted by atomic mass is 10.1. The standard InChI is InChI=1S/C31H40N6O3/c1-23(38)32-18-21-37(19-6-5-11-27-13-12-25-10-7-16-34-30(25)35-27)20-15-28(31(39)40)36-29-22-26(14-17-33-29)24-8-3-2-4-9-24/h2-4,8-9,12-14,17,22,28H,5-7,10-11,15-16,18-21H2,1H3,(H,32,38)(H,33,36)(H,34,35)(H,39,40)/t28-/m0/s1. The van der Waals surface area contributed by atoms with Gasteiger partial charge in [0.2, 0.25) is 5.91 Å². The maximum atomic E-state index is 12.1. The first-order valence-electron chi connectivity index (χ1n) is 14.2. The molecule has 1 atom stereocenters. The number of aromatic nitrogens is 2. The van der Waals surface area contributed by atoms with Gasteiger partial charge in [0.15, 0.2) is 0 Å². The van der Waals surface area contributed by atoms with E-state index in [2.05, 4.69) is 38.0 Å². The number of anilines is 2. The van der Waals surface area contributed by atoms with Gasteiger partial charge in [0.25, 0.3) is 0 Å². The molecule has 1 amide bonds. The lowest BCUT2D eigenvalue weighted by Gasteiger charge is -2.25. The quantitative estimate of drug-likeness (QED) is 0.210. The second-order valence-corrected chi connectivity index (χ2v) is 10.2.